The smallest absolute Gasteiger partial charge is 0.0886 e. The van der Waals surface area contributed by atoms with Crippen molar-refractivity contribution in [2.45, 2.75) is 9.79 Å². The monoisotopic (exact) mass is 2220 g/mol. The Hall–Kier alpha value is -7.55. The predicted octanol–water partition coefficient (Wildman–Crippen LogP) is 1.87. The summed E-state index contributed by atoms with van der Waals surface area (Å²) in [5.74, 6) is 0. The van der Waals surface area contributed by atoms with Crippen molar-refractivity contribution < 1.29 is 217 Å². The summed E-state index contributed by atoms with van der Waals surface area (Å²) in [7, 11) is -5.22. The SMILES string of the molecule is C1[Cl+]C[Cl+]1.[C-]#[O+].[C-]#[O+].[C-]#[O+].[C-]#[O+].[C-]#[O+].[C-]#[O+].[C-]#[O+].[C-]#[O+].[C-]#[O+].[C-]#[O+].[C-]#[O+].[C-]#[O+].[O-][Cl+3]([O-])([O-])[O-].[O-][Cl+3]([O-])([O-])[O-].[Re].[Re].[Re].[Re].[S-]c1ccccc1.[S-]c1ccccc1.c1ccc(-c2ccccn2)nc1.c1ccc(-c2ccccn2)nc1.c1ccc(-c2ccccn2)nc1.c1ccc(-c2ccccn2)nc1. The number of halogens is 4. The van der Waals surface area contributed by atoms with Crippen molar-refractivity contribution in [1.82, 2.24) is 39.9 Å². The number of benzene rings is 2. The zero-order valence-corrected chi connectivity index (χ0v) is 67.8. The van der Waals surface area contributed by atoms with E-state index in [9.17, 15) is 0 Å². The van der Waals surface area contributed by atoms with Gasteiger partial charge in [0.05, 0.1) is 45.6 Å². The zero-order chi connectivity index (χ0) is 79.0. The molecule has 28 nitrogen and oxygen atoms in total. The normalized spacial score (nSPS) is 7.92. The van der Waals surface area contributed by atoms with Crippen LogP contribution in [0.2, 0.25) is 0 Å². The van der Waals surface area contributed by atoms with Crippen LogP contribution < -0.4 is 37.3 Å². The Kier molecular flexibility index (Phi) is 135. The molecule has 0 bridgehead atoms. The van der Waals surface area contributed by atoms with E-state index in [1.54, 1.807) is 49.6 Å². The molecule has 2 aromatic carbocycles. The molecule has 0 aliphatic carbocycles. The van der Waals surface area contributed by atoms with E-state index in [-0.39, 0.29) is 81.7 Å². The standard InChI is InChI=1S/4C10H8N2.2C6H6S.C2H4Cl2.12CO.2ClHO4.4Re/c4*1-3-7-11-9(5-1)10-6-2-4-8-12-10;2*7-6-4-2-1-3-5-6;1-3-2-4-1;12*1-2;2*2-1(3,4)5;;;;/h4*1-8H;2*1-5,7H;1-2H2;;;;;;;;;;;;;2*(H,2,3,4,5);;;;/q;;;;;;+2;;;;;;;;;;;;;;;;;;/p-4. The van der Waals surface area contributed by atoms with Crippen molar-refractivity contribution in [3.05, 3.63) is 336 Å². The molecule has 8 aromatic heterocycles. The molecular weight excluding hydrogens is 2180 g/mol. The maximum absolute atomic E-state index is 8.49. The second-order valence-corrected chi connectivity index (χ2v) is 18.5. The summed E-state index contributed by atoms with van der Waals surface area (Å²) in [5.41, 5.74) is 7.32. The van der Waals surface area contributed by atoms with Gasteiger partial charge < -0.3 is 25.3 Å². The summed E-state index contributed by atoms with van der Waals surface area (Å²) in [4.78, 5) is 35.3. The van der Waals surface area contributed by atoms with Crippen molar-refractivity contribution in [3.63, 3.8) is 0 Å². The van der Waals surface area contributed by atoms with Crippen molar-refractivity contribution in [2.75, 3.05) is 10.7 Å². The van der Waals surface area contributed by atoms with Gasteiger partial charge >= 0.3 is 146 Å². The van der Waals surface area contributed by atoms with Crippen molar-refractivity contribution in [2.24, 2.45) is 0 Å². The molecule has 104 heavy (non-hydrogen) atoms. The molecule has 1 aliphatic heterocycles. The van der Waals surface area contributed by atoms with Gasteiger partial charge in [0.1, 0.15) is 0 Å². The van der Waals surface area contributed by atoms with Crippen LogP contribution in [0, 0.1) is 122 Å². The van der Waals surface area contributed by atoms with Gasteiger partial charge in [-0.15, -0.1) is 20.5 Å². The molecule has 0 spiro atoms. The molecule has 1 fully saturated rings. The van der Waals surface area contributed by atoms with Gasteiger partial charge in [0, 0.05) is 131 Å². The Morgan fingerprint density at radius 2 is 0.317 bits per heavy atom. The van der Waals surface area contributed by atoms with Crippen LogP contribution in [0.25, 0.3) is 45.6 Å². The van der Waals surface area contributed by atoms with Gasteiger partial charge in [0.15, 0.2) is 0 Å². The molecule has 9 heterocycles. The van der Waals surface area contributed by atoms with Gasteiger partial charge in [-0.05, 0) is 97.1 Å². The fourth-order valence-electron chi connectivity index (χ4n) is 5.03. The number of nitrogens with zero attached hydrogens (tertiary/aromatic N) is 8. The van der Waals surface area contributed by atoms with E-state index < -0.39 is 20.5 Å². The topological polar surface area (TPSA) is 526 Å². The van der Waals surface area contributed by atoms with E-state index in [4.69, 9.17) is 118 Å². The van der Waals surface area contributed by atoms with Crippen LogP contribution in [0.5, 0.6) is 0 Å². The van der Waals surface area contributed by atoms with Crippen molar-refractivity contribution in [3.8, 4) is 45.6 Å². The minimum Gasteiger partial charge on any atom is -0.780 e. The molecule has 0 amide bonds. The first kappa shape index (κ1) is 129. The van der Waals surface area contributed by atoms with Gasteiger partial charge in [-0.3, -0.25) is 39.9 Å². The maximum atomic E-state index is 8.49. The molecular formula is C66H46Cl4N8O20Re4S2-2. The van der Waals surface area contributed by atoms with Crippen LogP contribution in [0.4, 0.5) is 0 Å². The number of pyridine rings is 8. The van der Waals surface area contributed by atoms with Gasteiger partial charge in [-0.2, -0.15) is 9.79 Å². The quantitative estimate of drug-likeness (QED) is 0.105. The summed E-state index contributed by atoms with van der Waals surface area (Å²) in [6, 6.07) is 65.6. The summed E-state index contributed by atoms with van der Waals surface area (Å²) in [6.45, 7) is 54.0. The van der Waals surface area contributed by atoms with E-state index in [1.165, 1.54) is 10.7 Å². The second-order valence-electron chi connectivity index (χ2n) is 13.7. The first-order valence-electron chi connectivity index (χ1n) is 24.1. The van der Waals surface area contributed by atoms with E-state index in [0.29, 0.717) is 0 Å². The van der Waals surface area contributed by atoms with Crippen LogP contribution >= 0.6 is 0 Å². The van der Waals surface area contributed by atoms with Crippen LogP contribution in [-0.2, 0) is 163 Å². The molecule has 10 aromatic rings. The molecule has 38 heteroatoms. The maximum Gasteiger partial charge on any atom is 0.0886 e. The summed E-state index contributed by atoms with van der Waals surface area (Å²) in [6.07, 6.45) is 14.1. The van der Waals surface area contributed by atoms with Crippen LogP contribution in [0.3, 0.4) is 0 Å². The first-order chi connectivity index (χ1) is 48.7. The molecule has 11 rings (SSSR count). The number of hydrogen-bond donors (Lipinski definition) is 0. The number of hydrogen-bond acceptors (Lipinski definition) is 18. The Labute approximate surface area is 677 Å². The summed E-state index contributed by atoms with van der Waals surface area (Å²) >= 11 is 9.62. The molecule has 0 saturated carbocycles. The van der Waals surface area contributed by atoms with Gasteiger partial charge in [0.25, 0.3) is 21.6 Å². The fourth-order valence-corrected chi connectivity index (χ4v) is 5.91. The van der Waals surface area contributed by atoms with Crippen LogP contribution in [-0.4, -0.2) is 50.6 Å². The number of rotatable bonds is 4. The minimum atomic E-state index is -4.94. The molecule has 0 N–H and O–H groups in total. The van der Waals surface area contributed by atoms with E-state index in [2.05, 4.69) is 141 Å². The van der Waals surface area contributed by atoms with E-state index in [1.807, 2.05) is 206 Å². The zero-order valence-electron chi connectivity index (χ0n) is 52.2. The van der Waals surface area contributed by atoms with E-state index in [0.717, 1.165) is 55.3 Å². The average molecular weight is 2220 g/mol. The molecule has 540 valence electrons. The third-order valence-corrected chi connectivity index (χ3v) is 11.0. The van der Waals surface area contributed by atoms with Crippen molar-refractivity contribution >= 4 is 25.3 Å². The number of aromatic nitrogens is 8. The molecule has 1 aliphatic rings. The average Bonchev–Trinajstić information content (AvgIpc) is 0.914. The summed E-state index contributed by atoms with van der Waals surface area (Å²) < 4.78 is 158. The fraction of sp³-hybridized carbons (Fsp3) is 0.0303. The molecule has 4 radical (unpaired) electrons. The summed E-state index contributed by atoms with van der Waals surface area (Å²) in [5, 5.41) is 2.44. The van der Waals surface area contributed by atoms with Crippen molar-refractivity contribution in [1.29, 1.82) is 0 Å². The molecule has 0 atom stereocenters. The Balaban J connectivity index is -0.0000000711. The van der Waals surface area contributed by atoms with Crippen LogP contribution in [0.15, 0.2) is 266 Å². The Bertz CT molecular complexity index is 2940. The minimum absolute atomic E-state index is 0. The third kappa shape index (κ3) is 96.5. The third-order valence-electron chi connectivity index (χ3n) is 8.14. The Morgan fingerprint density at radius 1 is 0.221 bits per heavy atom. The van der Waals surface area contributed by atoms with E-state index >= 15 is 0 Å². The van der Waals surface area contributed by atoms with Gasteiger partial charge in [0.2, 0.25) is 0 Å². The predicted molar refractivity (Wildman–Crippen MR) is 311 cm³/mol. The second kappa shape index (κ2) is 109. The number of alkyl halides is 4. The first-order valence-corrected chi connectivity index (χ1v) is 29.6. The molecule has 1 saturated heterocycles. The molecule has 0 unspecified atom stereocenters. The van der Waals surface area contributed by atoms with Crippen LogP contribution in [0.1, 0.15) is 0 Å². The van der Waals surface area contributed by atoms with Gasteiger partial charge in [-0.1, -0.05) is 109 Å². The van der Waals surface area contributed by atoms with Gasteiger partial charge in [-0.25, -0.2) is 37.3 Å². The largest absolute Gasteiger partial charge is 0.780 e. The Morgan fingerprint density at radius 3 is 0.375 bits per heavy atom.